The molecule has 4 bridgehead atoms. The minimum atomic E-state index is -3.64. The number of H-pyrrole nitrogens is 1. The quantitative estimate of drug-likeness (QED) is 0.255. The molecular weight excluding hydrogens is 596 g/mol. The topological polar surface area (TPSA) is 158 Å². The molecule has 1 fully saturated rings. The van der Waals surface area contributed by atoms with Crippen molar-refractivity contribution in [2.45, 2.75) is 48.4 Å². The van der Waals surface area contributed by atoms with E-state index in [1.807, 2.05) is 13.0 Å². The van der Waals surface area contributed by atoms with E-state index >= 15 is 0 Å². The van der Waals surface area contributed by atoms with Crippen molar-refractivity contribution in [2.24, 2.45) is 0 Å². The largest absolute Gasteiger partial charge is 0.449 e. The fourth-order valence-corrected chi connectivity index (χ4v) is 7.67. The van der Waals surface area contributed by atoms with Gasteiger partial charge in [0.15, 0.2) is 9.84 Å². The van der Waals surface area contributed by atoms with E-state index in [1.165, 1.54) is 17.0 Å². The van der Waals surface area contributed by atoms with E-state index in [0.29, 0.717) is 40.7 Å². The molecule has 7 rings (SSSR count). The molecule has 3 aromatic carbocycles. The number of pyridine rings is 1. The highest BCUT2D eigenvalue weighted by atomic mass is 32.2. The van der Waals surface area contributed by atoms with Gasteiger partial charge in [-0.05, 0) is 83.8 Å². The number of benzene rings is 3. The van der Waals surface area contributed by atoms with E-state index in [2.05, 4.69) is 15.6 Å². The first kappa shape index (κ1) is 30.4. The summed E-state index contributed by atoms with van der Waals surface area (Å²) < 4.78 is 32.2. The number of aryl methyl sites for hydroxylation is 1. The number of aromatic amines is 1. The molecular formula is C33H34N4O7S. The maximum Gasteiger partial charge on any atom is 0.411 e. The van der Waals surface area contributed by atoms with Crippen molar-refractivity contribution in [3.63, 3.8) is 0 Å². The SMILES string of the molecule is Cc1cc2ccc1[C@@H](CO)COC(=O)Nc1ccc(S(=O)(=O)C3CC3)c(c1)CN(C)C(=O)[C@@H]2Nc1ccc2cc[nH]c(=O)c2c1. The zero-order chi connectivity index (χ0) is 31.9. The zero-order valence-electron chi connectivity index (χ0n) is 24.9. The molecule has 0 unspecified atom stereocenters. The lowest BCUT2D eigenvalue weighted by atomic mass is 9.92. The lowest BCUT2D eigenvalue weighted by Gasteiger charge is -2.28. The summed E-state index contributed by atoms with van der Waals surface area (Å²) in [6.45, 7) is 1.42. The number of fused-ring (bicyclic) bond motifs is 10. The van der Waals surface area contributed by atoms with E-state index in [1.54, 1.807) is 55.7 Å². The van der Waals surface area contributed by atoms with Crippen molar-refractivity contribution >= 4 is 44.0 Å². The van der Waals surface area contributed by atoms with Gasteiger partial charge in [0.25, 0.3) is 5.56 Å². The first-order valence-electron chi connectivity index (χ1n) is 14.7. The number of nitrogens with zero attached hydrogens (tertiary/aromatic N) is 1. The molecule has 2 atom stereocenters. The maximum atomic E-state index is 14.3. The van der Waals surface area contributed by atoms with Crippen LogP contribution in [0.1, 0.15) is 47.1 Å². The molecule has 12 heteroatoms. The minimum absolute atomic E-state index is 0.0517. The van der Waals surface area contributed by atoms with Crippen LogP contribution in [0, 0.1) is 6.92 Å². The molecule has 2 aliphatic heterocycles. The number of carbonyl (C=O) groups is 2. The van der Waals surface area contributed by atoms with Crippen LogP contribution in [0.3, 0.4) is 0 Å². The molecule has 1 saturated carbocycles. The van der Waals surface area contributed by atoms with Crippen LogP contribution in [0.4, 0.5) is 16.2 Å². The Morgan fingerprint density at radius 1 is 1.02 bits per heavy atom. The lowest BCUT2D eigenvalue weighted by Crippen LogP contribution is -2.35. The first-order chi connectivity index (χ1) is 21.5. The molecule has 2 amide bonds. The van der Waals surface area contributed by atoms with Gasteiger partial charge in [0.2, 0.25) is 5.91 Å². The third-order valence-corrected chi connectivity index (χ3v) is 10.8. The van der Waals surface area contributed by atoms with E-state index < -0.39 is 33.1 Å². The van der Waals surface area contributed by atoms with Gasteiger partial charge in [-0.2, -0.15) is 0 Å². The number of aliphatic hydroxyl groups is 1. The van der Waals surface area contributed by atoms with Crippen molar-refractivity contribution in [1.82, 2.24) is 9.88 Å². The second-order valence-electron chi connectivity index (χ2n) is 11.7. The summed E-state index contributed by atoms with van der Waals surface area (Å²) in [5, 5.41) is 16.8. The normalized spacial score (nSPS) is 19.3. The lowest BCUT2D eigenvalue weighted by molar-refractivity contribution is -0.131. The zero-order valence-corrected chi connectivity index (χ0v) is 25.7. The van der Waals surface area contributed by atoms with E-state index in [0.717, 1.165) is 16.5 Å². The predicted molar refractivity (Wildman–Crippen MR) is 170 cm³/mol. The summed E-state index contributed by atoms with van der Waals surface area (Å²) in [5.41, 5.74) is 3.12. The Morgan fingerprint density at radius 3 is 2.56 bits per heavy atom. The number of aliphatic hydroxyl groups excluding tert-OH is 1. The Bertz CT molecular complexity index is 1970. The second-order valence-corrected chi connectivity index (χ2v) is 13.9. The molecule has 1 aliphatic carbocycles. The Balaban J connectivity index is 1.45. The number of sulfone groups is 1. The third-order valence-electron chi connectivity index (χ3n) is 8.40. The number of likely N-dealkylation sites (N-methyl/N-ethyl adjacent to an activating group) is 1. The number of carbonyl (C=O) groups excluding carboxylic acids is 2. The number of anilines is 2. The minimum Gasteiger partial charge on any atom is -0.449 e. The fourth-order valence-electron chi connectivity index (χ4n) is 5.80. The standard InChI is InChI=1S/C33H34N4O7S/c1-19-13-21-4-9-27(19)23(17-38)18-44-33(41)36-24-6-10-29(45(42,43)26-7-8-26)22(14-24)16-37(2)32(40)30(21)35-25-5-3-20-11-12-34-31(39)28(20)15-25/h3-6,9-15,23,26,30,35,38H,7-8,16-18H2,1-2H3,(H,34,39)(H,36,41)/t23-,30+/m0/s1. The molecule has 4 N–H and O–H groups in total. The van der Waals surface area contributed by atoms with Crippen molar-refractivity contribution in [2.75, 3.05) is 30.9 Å². The molecule has 11 nitrogen and oxygen atoms in total. The molecule has 0 spiro atoms. The monoisotopic (exact) mass is 630 g/mol. The smallest absolute Gasteiger partial charge is 0.411 e. The van der Waals surface area contributed by atoms with Gasteiger partial charge in [0.1, 0.15) is 12.6 Å². The molecule has 0 radical (unpaired) electrons. The van der Waals surface area contributed by atoms with Crippen LogP contribution in [0.25, 0.3) is 10.8 Å². The molecule has 1 aromatic heterocycles. The average Bonchev–Trinajstić information content (AvgIpc) is 3.87. The van der Waals surface area contributed by atoms with Gasteiger partial charge in [-0.3, -0.25) is 14.9 Å². The number of nitrogens with one attached hydrogen (secondary N) is 3. The van der Waals surface area contributed by atoms with Crippen LogP contribution >= 0.6 is 0 Å². The Kier molecular flexibility index (Phi) is 8.10. The Labute approximate surface area is 260 Å². The van der Waals surface area contributed by atoms with E-state index in [-0.39, 0.29) is 36.1 Å². The molecule has 45 heavy (non-hydrogen) atoms. The summed E-state index contributed by atoms with van der Waals surface area (Å²) >= 11 is 0. The number of rotatable bonds is 5. The second kappa shape index (κ2) is 12.0. The molecule has 0 saturated heterocycles. The number of amides is 2. The summed E-state index contributed by atoms with van der Waals surface area (Å²) in [7, 11) is -2.04. The number of aromatic nitrogens is 1. The van der Waals surface area contributed by atoms with Crippen molar-refractivity contribution < 1.29 is 27.9 Å². The fraction of sp³-hybridized carbons (Fsp3) is 0.303. The van der Waals surface area contributed by atoms with Gasteiger partial charge < -0.3 is 25.0 Å². The van der Waals surface area contributed by atoms with Crippen LogP contribution in [0.2, 0.25) is 0 Å². The van der Waals surface area contributed by atoms with Gasteiger partial charge in [0.05, 0.1) is 16.8 Å². The number of hydrogen-bond acceptors (Lipinski definition) is 8. The Hall–Kier alpha value is -4.68. The van der Waals surface area contributed by atoms with Crippen molar-refractivity contribution in [3.05, 3.63) is 99.5 Å². The van der Waals surface area contributed by atoms with E-state index in [4.69, 9.17) is 4.74 Å². The van der Waals surface area contributed by atoms with Crippen LogP contribution in [-0.4, -0.2) is 60.9 Å². The highest BCUT2D eigenvalue weighted by molar-refractivity contribution is 7.92. The van der Waals surface area contributed by atoms with Crippen molar-refractivity contribution in [1.29, 1.82) is 0 Å². The van der Waals surface area contributed by atoms with E-state index in [9.17, 15) is 27.9 Å². The summed E-state index contributed by atoms with van der Waals surface area (Å²) in [6, 6.07) is 16.1. The predicted octanol–water partition coefficient (Wildman–Crippen LogP) is 4.22. The van der Waals surface area contributed by atoms with Gasteiger partial charge in [0, 0.05) is 42.5 Å². The summed E-state index contributed by atoms with van der Waals surface area (Å²) in [6.07, 6.45) is 1.97. The third kappa shape index (κ3) is 6.16. The van der Waals surface area contributed by atoms with Crippen LogP contribution in [0.5, 0.6) is 0 Å². The molecule has 3 aliphatic rings. The maximum absolute atomic E-state index is 14.3. The first-order valence-corrected chi connectivity index (χ1v) is 16.2. The van der Waals surface area contributed by atoms with Gasteiger partial charge in [-0.1, -0.05) is 24.3 Å². The van der Waals surface area contributed by atoms with Crippen LogP contribution in [-0.2, 0) is 25.9 Å². The summed E-state index contributed by atoms with van der Waals surface area (Å²) in [4.78, 5) is 43.7. The van der Waals surface area contributed by atoms with Crippen LogP contribution < -0.4 is 16.2 Å². The molecule has 4 aromatic rings. The summed E-state index contributed by atoms with van der Waals surface area (Å²) in [5.74, 6) is -0.862. The number of hydrogen-bond donors (Lipinski definition) is 4. The highest BCUT2D eigenvalue weighted by Gasteiger charge is 2.38. The number of ether oxygens (including phenoxy) is 1. The van der Waals surface area contributed by atoms with Gasteiger partial charge in [-0.15, -0.1) is 0 Å². The Morgan fingerprint density at radius 2 is 1.82 bits per heavy atom. The van der Waals surface area contributed by atoms with Crippen molar-refractivity contribution in [3.8, 4) is 0 Å². The highest BCUT2D eigenvalue weighted by Crippen LogP contribution is 2.36. The molecule has 234 valence electrons. The average molecular weight is 631 g/mol. The molecule has 3 heterocycles. The van der Waals surface area contributed by atoms with Gasteiger partial charge >= 0.3 is 6.09 Å². The van der Waals surface area contributed by atoms with Gasteiger partial charge in [-0.25, -0.2) is 13.2 Å². The van der Waals surface area contributed by atoms with Crippen LogP contribution in [0.15, 0.2) is 76.6 Å².